The minimum atomic E-state index is -0.159. The lowest BCUT2D eigenvalue weighted by Crippen LogP contribution is -2.50. The van der Waals surface area contributed by atoms with Gasteiger partial charge in [-0.3, -0.25) is 4.79 Å². The minimum Gasteiger partial charge on any atom is -0.480 e. The van der Waals surface area contributed by atoms with Gasteiger partial charge >= 0.3 is 0 Å². The van der Waals surface area contributed by atoms with Crippen LogP contribution < -0.4 is 15.0 Å². The van der Waals surface area contributed by atoms with E-state index in [1.807, 2.05) is 6.07 Å². The van der Waals surface area contributed by atoms with Crippen molar-refractivity contribution < 1.29 is 14.3 Å². The molecule has 2 saturated heterocycles. The maximum Gasteiger partial charge on any atom is 0.233 e. The van der Waals surface area contributed by atoms with Crippen molar-refractivity contribution in [3.8, 4) is 5.88 Å². The Kier molecular flexibility index (Phi) is 5.42. The molecule has 1 N–H and O–H groups in total. The summed E-state index contributed by atoms with van der Waals surface area (Å²) < 4.78 is 10.8. The second-order valence-electron chi connectivity index (χ2n) is 7.53. The number of rotatable bonds is 4. The van der Waals surface area contributed by atoms with E-state index in [0.717, 1.165) is 38.0 Å². The van der Waals surface area contributed by atoms with E-state index < -0.39 is 0 Å². The fraction of sp³-hybridized carbons (Fsp3) is 0.722. The number of hydrogen-bond donors (Lipinski definition) is 1. The van der Waals surface area contributed by atoms with Gasteiger partial charge in [0, 0.05) is 31.8 Å². The largest absolute Gasteiger partial charge is 0.480 e. The van der Waals surface area contributed by atoms with E-state index in [4.69, 9.17) is 9.47 Å². The van der Waals surface area contributed by atoms with Crippen molar-refractivity contribution in [2.75, 3.05) is 31.7 Å². The molecule has 1 aromatic rings. The van der Waals surface area contributed by atoms with E-state index in [0.29, 0.717) is 19.0 Å². The molecule has 0 radical (unpaired) electrons. The van der Waals surface area contributed by atoms with Gasteiger partial charge in [0.1, 0.15) is 0 Å². The van der Waals surface area contributed by atoms with E-state index in [-0.39, 0.29) is 23.5 Å². The van der Waals surface area contributed by atoms with Crippen LogP contribution in [0.4, 0.5) is 5.82 Å². The first-order valence-corrected chi connectivity index (χ1v) is 9.04. The lowest BCUT2D eigenvalue weighted by molar-refractivity contribution is -0.128. The minimum absolute atomic E-state index is 0.0105. The average molecular weight is 348 g/mol. The van der Waals surface area contributed by atoms with Crippen LogP contribution in [0.5, 0.6) is 5.88 Å². The summed E-state index contributed by atoms with van der Waals surface area (Å²) in [5, 5.41) is 11.5. The fourth-order valence-electron chi connectivity index (χ4n) is 3.66. The standard InChI is InChI=1S/C18H28N4O3/c1-18(2)11-14(8-10-25-18)19-17(23)13-5-4-9-22(12-13)15-6-7-16(24-3)21-20-15/h6-7,13-14H,4-5,8-12H2,1-3H3,(H,19,23). The molecule has 3 heterocycles. The maximum atomic E-state index is 12.7. The van der Waals surface area contributed by atoms with E-state index in [1.165, 1.54) is 0 Å². The molecular formula is C18H28N4O3. The number of methoxy groups -OCH3 is 1. The van der Waals surface area contributed by atoms with Crippen molar-refractivity contribution in [3.05, 3.63) is 12.1 Å². The third kappa shape index (κ3) is 4.60. The Morgan fingerprint density at radius 3 is 2.88 bits per heavy atom. The molecule has 0 saturated carbocycles. The number of carbonyl (C=O) groups excluding carboxylic acids is 1. The highest BCUT2D eigenvalue weighted by atomic mass is 16.5. The van der Waals surface area contributed by atoms with Gasteiger partial charge in [-0.25, -0.2) is 0 Å². The van der Waals surface area contributed by atoms with Crippen LogP contribution in [-0.2, 0) is 9.53 Å². The molecule has 2 aliphatic rings. The fourth-order valence-corrected chi connectivity index (χ4v) is 3.66. The monoisotopic (exact) mass is 348 g/mol. The topological polar surface area (TPSA) is 76.6 Å². The predicted octanol–water partition coefficient (Wildman–Crippen LogP) is 1.78. The third-order valence-corrected chi connectivity index (χ3v) is 4.99. The van der Waals surface area contributed by atoms with Crippen LogP contribution >= 0.6 is 0 Å². The Labute approximate surface area is 149 Å². The quantitative estimate of drug-likeness (QED) is 0.894. The highest BCUT2D eigenvalue weighted by molar-refractivity contribution is 5.79. The van der Waals surface area contributed by atoms with Crippen LogP contribution in [0.3, 0.4) is 0 Å². The van der Waals surface area contributed by atoms with Crippen LogP contribution in [0.1, 0.15) is 39.5 Å². The van der Waals surface area contributed by atoms with Crippen molar-refractivity contribution >= 4 is 11.7 Å². The highest BCUT2D eigenvalue weighted by Gasteiger charge is 2.32. The zero-order chi connectivity index (χ0) is 17.9. The van der Waals surface area contributed by atoms with Gasteiger partial charge in [-0.2, -0.15) is 0 Å². The Hall–Kier alpha value is -1.89. The Morgan fingerprint density at radius 1 is 1.36 bits per heavy atom. The molecule has 138 valence electrons. The second-order valence-corrected chi connectivity index (χ2v) is 7.53. The molecule has 0 aliphatic carbocycles. The normalized spacial score (nSPS) is 26.1. The summed E-state index contributed by atoms with van der Waals surface area (Å²) in [5.41, 5.74) is -0.159. The zero-order valence-electron chi connectivity index (χ0n) is 15.3. The number of nitrogens with one attached hydrogen (secondary N) is 1. The number of carbonyl (C=O) groups is 1. The van der Waals surface area contributed by atoms with Gasteiger partial charge in [-0.1, -0.05) is 0 Å². The summed E-state index contributed by atoms with van der Waals surface area (Å²) in [6.45, 7) is 6.44. The van der Waals surface area contributed by atoms with Crippen molar-refractivity contribution in [2.45, 2.75) is 51.2 Å². The van der Waals surface area contributed by atoms with Crippen molar-refractivity contribution in [3.63, 3.8) is 0 Å². The Balaban J connectivity index is 1.57. The van der Waals surface area contributed by atoms with E-state index in [9.17, 15) is 4.79 Å². The number of ether oxygens (including phenoxy) is 2. The molecule has 1 amide bonds. The maximum absolute atomic E-state index is 12.7. The molecule has 0 spiro atoms. The number of anilines is 1. The van der Waals surface area contributed by atoms with Crippen LogP contribution in [-0.4, -0.2) is 54.6 Å². The molecule has 2 aliphatic heterocycles. The van der Waals surface area contributed by atoms with Crippen LogP contribution in [0.25, 0.3) is 0 Å². The molecule has 0 aromatic carbocycles. The second kappa shape index (κ2) is 7.56. The van der Waals surface area contributed by atoms with Crippen molar-refractivity contribution in [2.24, 2.45) is 5.92 Å². The van der Waals surface area contributed by atoms with E-state index >= 15 is 0 Å². The Morgan fingerprint density at radius 2 is 2.20 bits per heavy atom. The van der Waals surface area contributed by atoms with Gasteiger partial charge in [0.25, 0.3) is 0 Å². The average Bonchev–Trinajstić information content (AvgIpc) is 2.61. The SMILES string of the molecule is COc1ccc(N2CCCC(C(=O)NC3CCOC(C)(C)C3)C2)nn1. The van der Waals surface area contributed by atoms with E-state index in [1.54, 1.807) is 13.2 Å². The summed E-state index contributed by atoms with van der Waals surface area (Å²) >= 11 is 0. The molecule has 2 atom stereocenters. The molecular weight excluding hydrogens is 320 g/mol. The summed E-state index contributed by atoms with van der Waals surface area (Å²) in [6.07, 6.45) is 3.64. The van der Waals surface area contributed by atoms with Gasteiger partial charge < -0.3 is 19.7 Å². The smallest absolute Gasteiger partial charge is 0.233 e. The number of aromatic nitrogens is 2. The van der Waals surface area contributed by atoms with Crippen molar-refractivity contribution in [1.82, 2.24) is 15.5 Å². The summed E-state index contributed by atoms with van der Waals surface area (Å²) in [7, 11) is 1.57. The van der Waals surface area contributed by atoms with Gasteiger partial charge in [0.15, 0.2) is 5.82 Å². The number of amides is 1. The molecule has 3 rings (SSSR count). The van der Waals surface area contributed by atoms with Gasteiger partial charge in [0.2, 0.25) is 11.8 Å². The summed E-state index contributed by atoms with van der Waals surface area (Å²) in [6, 6.07) is 3.90. The first-order chi connectivity index (χ1) is 12.0. The molecule has 25 heavy (non-hydrogen) atoms. The lowest BCUT2D eigenvalue weighted by Gasteiger charge is -2.37. The number of nitrogens with zero attached hydrogens (tertiary/aromatic N) is 3. The van der Waals surface area contributed by atoms with Crippen LogP contribution in [0, 0.1) is 5.92 Å². The number of piperidine rings is 1. The lowest BCUT2D eigenvalue weighted by atomic mass is 9.92. The van der Waals surface area contributed by atoms with Gasteiger partial charge in [-0.15, -0.1) is 10.2 Å². The molecule has 2 unspecified atom stereocenters. The first-order valence-electron chi connectivity index (χ1n) is 9.04. The zero-order valence-corrected chi connectivity index (χ0v) is 15.3. The Bertz CT molecular complexity index is 590. The molecule has 7 nitrogen and oxygen atoms in total. The predicted molar refractivity (Wildman–Crippen MR) is 94.7 cm³/mol. The van der Waals surface area contributed by atoms with E-state index in [2.05, 4.69) is 34.3 Å². The molecule has 2 fully saturated rings. The van der Waals surface area contributed by atoms with Crippen LogP contribution in [0.15, 0.2) is 12.1 Å². The first kappa shape index (κ1) is 17.9. The van der Waals surface area contributed by atoms with Gasteiger partial charge in [0.05, 0.1) is 18.6 Å². The van der Waals surface area contributed by atoms with Crippen LogP contribution in [0.2, 0.25) is 0 Å². The molecule has 1 aromatic heterocycles. The summed E-state index contributed by atoms with van der Waals surface area (Å²) in [4.78, 5) is 14.9. The third-order valence-electron chi connectivity index (χ3n) is 4.99. The highest BCUT2D eigenvalue weighted by Crippen LogP contribution is 2.26. The summed E-state index contributed by atoms with van der Waals surface area (Å²) in [5.74, 6) is 1.43. The van der Waals surface area contributed by atoms with Gasteiger partial charge in [-0.05, 0) is 45.6 Å². The number of hydrogen-bond acceptors (Lipinski definition) is 6. The molecule has 0 bridgehead atoms. The molecule has 7 heteroatoms. The van der Waals surface area contributed by atoms with Crippen molar-refractivity contribution in [1.29, 1.82) is 0 Å².